The number of fused-ring (bicyclic) bond motifs is 1. The van der Waals surface area contributed by atoms with Crippen molar-refractivity contribution >= 4 is 15.7 Å². The zero-order valence-electron chi connectivity index (χ0n) is 14.3. The SMILES string of the molecule is Cc1cccc2c1CNCCN2S(=O)(=O)c1ccc(-n2nccn2)cc1. The van der Waals surface area contributed by atoms with Crippen molar-refractivity contribution in [3.63, 3.8) is 0 Å². The fourth-order valence-electron chi connectivity index (χ4n) is 3.14. The van der Waals surface area contributed by atoms with E-state index in [1.54, 1.807) is 36.7 Å². The van der Waals surface area contributed by atoms with Crippen LogP contribution in [0.3, 0.4) is 0 Å². The Labute approximate surface area is 152 Å². The topological polar surface area (TPSA) is 80.1 Å². The van der Waals surface area contributed by atoms with E-state index in [2.05, 4.69) is 15.5 Å². The first-order valence-electron chi connectivity index (χ1n) is 8.36. The molecule has 3 aromatic rings. The van der Waals surface area contributed by atoms with E-state index in [9.17, 15) is 8.42 Å². The van der Waals surface area contributed by atoms with Gasteiger partial charge in [0, 0.05) is 19.6 Å². The van der Waals surface area contributed by atoms with Crippen LogP contribution < -0.4 is 9.62 Å². The van der Waals surface area contributed by atoms with E-state index in [1.165, 1.54) is 9.10 Å². The number of rotatable bonds is 3. The maximum Gasteiger partial charge on any atom is 0.264 e. The van der Waals surface area contributed by atoms with Gasteiger partial charge in [-0.1, -0.05) is 12.1 Å². The van der Waals surface area contributed by atoms with Crippen molar-refractivity contribution < 1.29 is 8.42 Å². The molecular weight excluding hydrogens is 350 g/mol. The van der Waals surface area contributed by atoms with Gasteiger partial charge in [0.05, 0.1) is 28.7 Å². The van der Waals surface area contributed by atoms with Crippen LogP contribution in [-0.4, -0.2) is 36.5 Å². The lowest BCUT2D eigenvalue weighted by molar-refractivity contribution is 0.589. The molecule has 26 heavy (non-hydrogen) atoms. The highest BCUT2D eigenvalue weighted by molar-refractivity contribution is 7.92. The number of nitrogens with zero attached hydrogens (tertiary/aromatic N) is 4. The number of aryl methyl sites for hydroxylation is 1. The van der Waals surface area contributed by atoms with E-state index in [0.717, 1.165) is 16.8 Å². The number of sulfonamides is 1. The molecule has 0 spiro atoms. The third kappa shape index (κ3) is 2.87. The normalized spacial score (nSPS) is 14.7. The molecule has 2 heterocycles. The molecule has 0 saturated heterocycles. The van der Waals surface area contributed by atoms with Crippen molar-refractivity contribution in [3.05, 3.63) is 66.0 Å². The second-order valence-corrected chi connectivity index (χ2v) is 8.00. The summed E-state index contributed by atoms with van der Waals surface area (Å²) >= 11 is 0. The predicted molar refractivity (Wildman–Crippen MR) is 98.8 cm³/mol. The van der Waals surface area contributed by atoms with Gasteiger partial charge in [0.2, 0.25) is 0 Å². The molecular formula is C18H19N5O2S. The van der Waals surface area contributed by atoms with Gasteiger partial charge in [-0.3, -0.25) is 4.31 Å². The van der Waals surface area contributed by atoms with Crippen LogP contribution in [0.5, 0.6) is 0 Å². The van der Waals surface area contributed by atoms with Crippen LogP contribution in [0.25, 0.3) is 5.69 Å². The van der Waals surface area contributed by atoms with Crippen molar-refractivity contribution in [1.82, 2.24) is 20.3 Å². The lowest BCUT2D eigenvalue weighted by atomic mass is 10.1. The molecule has 1 aliphatic heterocycles. The van der Waals surface area contributed by atoms with Gasteiger partial charge >= 0.3 is 0 Å². The smallest absolute Gasteiger partial charge is 0.264 e. The Hall–Kier alpha value is -2.71. The Morgan fingerprint density at radius 3 is 2.50 bits per heavy atom. The van der Waals surface area contributed by atoms with Crippen molar-refractivity contribution in [1.29, 1.82) is 0 Å². The van der Waals surface area contributed by atoms with Gasteiger partial charge in [-0.25, -0.2) is 8.42 Å². The van der Waals surface area contributed by atoms with Gasteiger partial charge in [0.15, 0.2) is 0 Å². The van der Waals surface area contributed by atoms with Crippen LogP contribution in [-0.2, 0) is 16.6 Å². The number of hydrogen-bond donors (Lipinski definition) is 1. The maximum atomic E-state index is 13.3. The third-order valence-electron chi connectivity index (χ3n) is 4.52. The standard InChI is InChI=1S/C18H19N5O2S/c1-14-3-2-4-18-17(14)13-19-11-12-22(18)26(24,25)16-7-5-15(6-8-16)23-20-9-10-21-23/h2-10,19H,11-13H2,1H3. The minimum atomic E-state index is -3.66. The van der Waals surface area contributed by atoms with Gasteiger partial charge < -0.3 is 5.32 Å². The molecule has 0 unspecified atom stereocenters. The Kier molecular flexibility index (Phi) is 4.21. The Morgan fingerprint density at radius 2 is 1.77 bits per heavy atom. The van der Waals surface area contributed by atoms with E-state index in [4.69, 9.17) is 0 Å². The van der Waals surface area contributed by atoms with E-state index in [0.29, 0.717) is 25.3 Å². The number of anilines is 1. The number of aromatic nitrogens is 3. The van der Waals surface area contributed by atoms with E-state index < -0.39 is 10.0 Å². The molecule has 1 N–H and O–H groups in total. The number of nitrogens with one attached hydrogen (secondary N) is 1. The molecule has 0 bridgehead atoms. The molecule has 134 valence electrons. The second-order valence-electron chi connectivity index (χ2n) is 6.14. The highest BCUT2D eigenvalue weighted by Crippen LogP contribution is 2.30. The molecule has 0 amide bonds. The summed E-state index contributed by atoms with van der Waals surface area (Å²) in [6.07, 6.45) is 3.16. The zero-order valence-corrected chi connectivity index (χ0v) is 15.1. The number of benzene rings is 2. The van der Waals surface area contributed by atoms with Crippen molar-refractivity contribution in [3.8, 4) is 5.69 Å². The Morgan fingerprint density at radius 1 is 1.04 bits per heavy atom. The summed E-state index contributed by atoms with van der Waals surface area (Å²) in [4.78, 5) is 1.70. The van der Waals surface area contributed by atoms with Gasteiger partial charge in [0.1, 0.15) is 0 Å². The van der Waals surface area contributed by atoms with Crippen LogP contribution in [0.2, 0.25) is 0 Å². The van der Waals surface area contributed by atoms with Crippen LogP contribution in [0.4, 0.5) is 5.69 Å². The fourth-order valence-corrected chi connectivity index (χ4v) is 4.64. The summed E-state index contributed by atoms with van der Waals surface area (Å²) in [7, 11) is -3.66. The molecule has 0 aliphatic carbocycles. The van der Waals surface area contributed by atoms with Crippen LogP contribution in [0.15, 0.2) is 59.8 Å². The van der Waals surface area contributed by atoms with E-state index in [-0.39, 0.29) is 4.90 Å². The second kappa shape index (κ2) is 6.54. The zero-order chi connectivity index (χ0) is 18.1. The van der Waals surface area contributed by atoms with Gasteiger partial charge in [-0.2, -0.15) is 15.0 Å². The largest absolute Gasteiger partial charge is 0.311 e. The first kappa shape index (κ1) is 16.7. The summed E-state index contributed by atoms with van der Waals surface area (Å²) in [6.45, 7) is 3.66. The summed E-state index contributed by atoms with van der Waals surface area (Å²) < 4.78 is 28.0. The molecule has 0 saturated carbocycles. The molecule has 2 aromatic carbocycles. The average Bonchev–Trinajstić information content (AvgIpc) is 3.08. The lowest BCUT2D eigenvalue weighted by Gasteiger charge is -2.25. The maximum absolute atomic E-state index is 13.3. The monoisotopic (exact) mass is 369 g/mol. The lowest BCUT2D eigenvalue weighted by Crippen LogP contribution is -2.34. The van der Waals surface area contributed by atoms with Gasteiger partial charge in [-0.05, 0) is 48.4 Å². The fraction of sp³-hybridized carbons (Fsp3) is 0.222. The molecule has 0 radical (unpaired) electrons. The van der Waals surface area contributed by atoms with Gasteiger partial charge in [-0.15, -0.1) is 0 Å². The van der Waals surface area contributed by atoms with E-state index in [1.807, 2.05) is 25.1 Å². The summed E-state index contributed by atoms with van der Waals surface area (Å²) in [5.41, 5.74) is 3.55. The molecule has 7 nitrogen and oxygen atoms in total. The van der Waals surface area contributed by atoms with Gasteiger partial charge in [0.25, 0.3) is 10.0 Å². The molecule has 1 aromatic heterocycles. The summed E-state index contributed by atoms with van der Waals surface area (Å²) in [5.74, 6) is 0. The molecule has 4 rings (SSSR count). The Balaban J connectivity index is 1.74. The highest BCUT2D eigenvalue weighted by atomic mass is 32.2. The van der Waals surface area contributed by atoms with Crippen molar-refractivity contribution in [2.75, 3.05) is 17.4 Å². The highest BCUT2D eigenvalue weighted by Gasteiger charge is 2.28. The number of hydrogen-bond acceptors (Lipinski definition) is 5. The van der Waals surface area contributed by atoms with Crippen LogP contribution in [0, 0.1) is 6.92 Å². The average molecular weight is 369 g/mol. The quantitative estimate of drug-likeness (QED) is 0.762. The minimum absolute atomic E-state index is 0.253. The third-order valence-corrected chi connectivity index (χ3v) is 6.35. The first-order chi connectivity index (χ1) is 12.6. The van der Waals surface area contributed by atoms with Crippen molar-refractivity contribution in [2.45, 2.75) is 18.4 Å². The molecule has 0 atom stereocenters. The minimum Gasteiger partial charge on any atom is -0.311 e. The van der Waals surface area contributed by atoms with E-state index >= 15 is 0 Å². The molecule has 8 heteroatoms. The van der Waals surface area contributed by atoms with Crippen molar-refractivity contribution in [2.24, 2.45) is 0 Å². The Bertz CT molecular complexity index is 1010. The molecule has 0 fully saturated rings. The first-order valence-corrected chi connectivity index (χ1v) is 9.80. The van der Waals surface area contributed by atoms with Crippen LogP contribution in [0.1, 0.15) is 11.1 Å². The van der Waals surface area contributed by atoms with Crippen LogP contribution >= 0.6 is 0 Å². The summed E-state index contributed by atoms with van der Waals surface area (Å²) in [6, 6.07) is 12.4. The molecule has 1 aliphatic rings. The summed E-state index contributed by atoms with van der Waals surface area (Å²) in [5, 5.41) is 11.4. The predicted octanol–water partition coefficient (Wildman–Crippen LogP) is 1.87.